The maximum absolute atomic E-state index is 13.2. The number of benzene rings is 1. The van der Waals surface area contributed by atoms with Crippen LogP contribution in [0.1, 0.15) is 27.7 Å². The number of nitro groups is 1. The molecule has 0 saturated carbocycles. The third-order valence-corrected chi connectivity index (χ3v) is 5.76. The third kappa shape index (κ3) is 4.10. The molecule has 0 aliphatic carbocycles. The third-order valence-electron chi connectivity index (χ3n) is 4.79. The summed E-state index contributed by atoms with van der Waals surface area (Å²) in [4.78, 5) is 25.0. The van der Waals surface area contributed by atoms with Gasteiger partial charge in [0.2, 0.25) is 0 Å². The standard InChI is InChI=1S/C19H15F3N4O4S/c20-19(21,22)16-6-8-24(17-5-7-23-25(16)17)18(27)15-9-12(11-31-15)10-30-14-4-2-1-3-13(14)26(28)29/h1-5,7,9,11,16H,6,8,10H2. The number of alkyl halides is 3. The lowest BCUT2D eigenvalue weighted by Gasteiger charge is -2.33. The molecule has 3 aromatic rings. The van der Waals surface area contributed by atoms with Gasteiger partial charge in [-0.15, -0.1) is 11.3 Å². The zero-order valence-corrected chi connectivity index (χ0v) is 16.6. The predicted octanol–water partition coefficient (Wildman–Crippen LogP) is 4.59. The molecule has 3 heterocycles. The van der Waals surface area contributed by atoms with Crippen LogP contribution in [0.5, 0.6) is 5.75 Å². The number of rotatable bonds is 5. The van der Waals surface area contributed by atoms with E-state index in [0.29, 0.717) is 10.4 Å². The first-order valence-corrected chi connectivity index (χ1v) is 9.99. The van der Waals surface area contributed by atoms with Crippen molar-refractivity contribution in [3.8, 4) is 5.75 Å². The minimum Gasteiger partial charge on any atom is -0.482 e. The normalized spacial score (nSPS) is 16.1. The summed E-state index contributed by atoms with van der Waals surface area (Å²) in [6.07, 6.45) is -3.51. The molecular weight excluding hydrogens is 437 g/mol. The molecule has 0 spiro atoms. The molecule has 0 bridgehead atoms. The Morgan fingerprint density at radius 3 is 2.84 bits per heavy atom. The predicted molar refractivity (Wildman–Crippen MR) is 105 cm³/mol. The van der Waals surface area contributed by atoms with Crippen molar-refractivity contribution in [2.45, 2.75) is 25.2 Å². The molecule has 31 heavy (non-hydrogen) atoms. The van der Waals surface area contributed by atoms with Gasteiger partial charge < -0.3 is 4.74 Å². The molecule has 4 rings (SSSR count). The van der Waals surface area contributed by atoms with Crippen molar-refractivity contribution in [1.82, 2.24) is 9.78 Å². The summed E-state index contributed by atoms with van der Waals surface area (Å²) >= 11 is 1.12. The molecule has 1 atom stereocenters. The number of halogens is 3. The second kappa shape index (κ2) is 8.02. The van der Waals surface area contributed by atoms with Crippen LogP contribution in [0.25, 0.3) is 0 Å². The molecule has 1 aliphatic heterocycles. The van der Waals surface area contributed by atoms with Crippen LogP contribution in [0.15, 0.2) is 48.0 Å². The number of nitrogens with zero attached hydrogens (tertiary/aromatic N) is 4. The van der Waals surface area contributed by atoms with Crippen LogP contribution in [0, 0.1) is 10.1 Å². The summed E-state index contributed by atoms with van der Waals surface area (Å²) in [5, 5.41) is 16.5. The zero-order valence-electron chi connectivity index (χ0n) is 15.8. The number of hydrogen-bond donors (Lipinski definition) is 0. The smallest absolute Gasteiger partial charge is 0.410 e. The van der Waals surface area contributed by atoms with Gasteiger partial charge in [0.05, 0.1) is 16.0 Å². The van der Waals surface area contributed by atoms with Gasteiger partial charge in [0.1, 0.15) is 12.4 Å². The van der Waals surface area contributed by atoms with Gasteiger partial charge in [0.15, 0.2) is 11.8 Å². The Labute approximate surface area is 177 Å². The molecule has 1 aromatic carbocycles. The summed E-state index contributed by atoms with van der Waals surface area (Å²) in [5.41, 5.74) is 0.444. The van der Waals surface area contributed by atoms with Crippen LogP contribution in [0.3, 0.4) is 0 Å². The maximum atomic E-state index is 13.2. The second-order valence-corrected chi connectivity index (χ2v) is 7.68. The van der Waals surface area contributed by atoms with Crippen molar-refractivity contribution >= 4 is 28.7 Å². The molecule has 0 N–H and O–H groups in total. The number of anilines is 1. The van der Waals surface area contributed by atoms with Crippen LogP contribution in [0.2, 0.25) is 0 Å². The molecule has 0 saturated heterocycles. The van der Waals surface area contributed by atoms with Crippen LogP contribution in [-0.2, 0) is 6.61 Å². The minimum atomic E-state index is -4.45. The molecule has 162 valence electrons. The summed E-state index contributed by atoms with van der Waals surface area (Å²) in [5.74, 6) is -0.251. The Morgan fingerprint density at radius 1 is 1.32 bits per heavy atom. The molecule has 2 aromatic heterocycles. The number of thiophene rings is 1. The Morgan fingerprint density at radius 2 is 2.10 bits per heavy atom. The molecular formula is C19H15F3N4O4S. The molecule has 1 aliphatic rings. The number of carbonyl (C=O) groups excluding carboxylic acids is 1. The Hall–Kier alpha value is -3.41. The number of amides is 1. The quantitative estimate of drug-likeness (QED) is 0.417. The fourth-order valence-electron chi connectivity index (χ4n) is 3.34. The van der Waals surface area contributed by atoms with E-state index in [1.807, 2.05) is 0 Å². The van der Waals surface area contributed by atoms with E-state index >= 15 is 0 Å². The molecule has 0 fully saturated rings. The largest absolute Gasteiger partial charge is 0.482 e. The van der Waals surface area contributed by atoms with Gasteiger partial charge in [-0.25, -0.2) is 4.68 Å². The highest BCUT2D eigenvalue weighted by molar-refractivity contribution is 7.12. The van der Waals surface area contributed by atoms with E-state index in [0.717, 1.165) is 16.0 Å². The van der Waals surface area contributed by atoms with Gasteiger partial charge >= 0.3 is 11.9 Å². The van der Waals surface area contributed by atoms with Crippen molar-refractivity contribution in [2.75, 3.05) is 11.4 Å². The Balaban J connectivity index is 1.49. The van der Waals surface area contributed by atoms with E-state index in [1.54, 1.807) is 17.5 Å². The van der Waals surface area contributed by atoms with Crippen LogP contribution in [-0.4, -0.2) is 33.3 Å². The number of carbonyl (C=O) groups is 1. The van der Waals surface area contributed by atoms with Crippen LogP contribution in [0.4, 0.5) is 24.7 Å². The lowest BCUT2D eigenvalue weighted by atomic mass is 10.1. The molecule has 12 heteroatoms. The monoisotopic (exact) mass is 452 g/mol. The van der Waals surface area contributed by atoms with Crippen LogP contribution < -0.4 is 9.64 Å². The summed E-state index contributed by atoms with van der Waals surface area (Å²) in [7, 11) is 0. The number of fused-ring (bicyclic) bond motifs is 1. The highest BCUT2D eigenvalue weighted by atomic mass is 32.1. The fourth-order valence-corrected chi connectivity index (χ4v) is 4.19. The lowest BCUT2D eigenvalue weighted by molar-refractivity contribution is -0.385. The second-order valence-electron chi connectivity index (χ2n) is 6.77. The van der Waals surface area contributed by atoms with E-state index in [4.69, 9.17) is 4.74 Å². The first kappa shape index (κ1) is 20.8. The number of aromatic nitrogens is 2. The SMILES string of the molecule is O=C(c1cc(COc2ccccc2[N+](=O)[O-])cs1)N1CCC(C(F)(F)F)n2nccc21. The van der Waals surface area contributed by atoms with Gasteiger partial charge in [-0.2, -0.15) is 18.3 Å². The fraction of sp³-hybridized carbons (Fsp3) is 0.263. The van der Waals surface area contributed by atoms with E-state index in [2.05, 4.69) is 5.10 Å². The average Bonchev–Trinajstić information content (AvgIpc) is 3.40. The minimum absolute atomic E-state index is 0.00269. The average molecular weight is 452 g/mol. The van der Waals surface area contributed by atoms with Gasteiger partial charge in [0, 0.05) is 24.2 Å². The summed E-state index contributed by atoms with van der Waals surface area (Å²) < 4.78 is 46.1. The number of hydrogen-bond acceptors (Lipinski definition) is 6. The van der Waals surface area contributed by atoms with Crippen LogP contribution >= 0.6 is 11.3 Å². The van der Waals surface area contributed by atoms with Gasteiger partial charge in [-0.3, -0.25) is 19.8 Å². The molecule has 8 nitrogen and oxygen atoms in total. The highest BCUT2D eigenvalue weighted by Gasteiger charge is 2.46. The maximum Gasteiger partial charge on any atom is 0.410 e. The first-order valence-electron chi connectivity index (χ1n) is 9.11. The van der Waals surface area contributed by atoms with Gasteiger partial charge in [-0.1, -0.05) is 12.1 Å². The van der Waals surface area contributed by atoms with Crippen molar-refractivity contribution in [2.24, 2.45) is 0 Å². The molecule has 1 unspecified atom stereocenters. The zero-order chi connectivity index (χ0) is 22.2. The number of ether oxygens (including phenoxy) is 1. The van der Waals surface area contributed by atoms with Crippen molar-refractivity contribution in [3.05, 3.63) is 68.5 Å². The number of nitro benzene ring substituents is 1. The number of para-hydroxylation sites is 2. The summed E-state index contributed by atoms with van der Waals surface area (Å²) in [6, 6.07) is 7.11. The molecule has 1 amide bonds. The van der Waals surface area contributed by atoms with Gasteiger partial charge in [0.25, 0.3) is 5.91 Å². The summed E-state index contributed by atoms with van der Waals surface area (Å²) in [6.45, 7) is -0.0860. The topological polar surface area (TPSA) is 90.5 Å². The van der Waals surface area contributed by atoms with E-state index in [1.165, 1.54) is 35.4 Å². The Kier molecular flexibility index (Phi) is 5.39. The highest BCUT2D eigenvalue weighted by Crippen LogP contribution is 2.39. The first-order chi connectivity index (χ1) is 14.8. The van der Waals surface area contributed by atoms with E-state index in [9.17, 15) is 28.1 Å². The van der Waals surface area contributed by atoms with Gasteiger partial charge in [-0.05, 0) is 23.9 Å². The Bertz CT molecular complexity index is 1130. The van der Waals surface area contributed by atoms with E-state index in [-0.39, 0.29) is 36.8 Å². The van der Waals surface area contributed by atoms with Crippen molar-refractivity contribution in [3.63, 3.8) is 0 Å². The molecule has 0 radical (unpaired) electrons. The van der Waals surface area contributed by atoms with Crippen molar-refractivity contribution in [1.29, 1.82) is 0 Å². The van der Waals surface area contributed by atoms with E-state index < -0.39 is 23.0 Å². The lowest BCUT2D eigenvalue weighted by Crippen LogP contribution is -2.42. The van der Waals surface area contributed by atoms with Crippen molar-refractivity contribution < 1.29 is 27.6 Å².